The summed E-state index contributed by atoms with van der Waals surface area (Å²) in [6.07, 6.45) is 27.4. The monoisotopic (exact) mass is 792 g/mol. The van der Waals surface area contributed by atoms with Gasteiger partial charge in [-0.2, -0.15) is 11.8 Å². The van der Waals surface area contributed by atoms with Crippen LogP contribution < -0.4 is 0 Å². The molecule has 0 N–H and O–H groups in total. The van der Waals surface area contributed by atoms with Crippen molar-refractivity contribution in [2.24, 2.45) is 0 Å². The Kier molecular flexibility index (Phi) is 27.2. The highest BCUT2D eigenvalue weighted by atomic mass is 32.2. The van der Waals surface area contributed by atoms with Crippen LogP contribution in [0.2, 0.25) is 36.3 Å². The van der Waals surface area contributed by atoms with E-state index in [1.807, 2.05) is 0 Å². The van der Waals surface area contributed by atoms with Crippen LogP contribution in [0.1, 0.15) is 189 Å². The summed E-state index contributed by atoms with van der Waals surface area (Å²) in [4.78, 5) is 2.81. The summed E-state index contributed by atoms with van der Waals surface area (Å²) in [5.41, 5.74) is 1.44. The summed E-state index contributed by atoms with van der Waals surface area (Å²) in [5, 5.41) is 0.436. The van der Waals surface area contributed by atoms with Crippen LogP contribution in [-0.4, -0.2) is 59.1 Å². The van der Waals surface area contributed by atoms with E-state index in [1.54, 1.807) is 0 Å². The smallest absolute Gasteiger partial charge is 0.192 e. The molecule has 0 bridgehead atoms. The summed E-state index contributed by atoms with van der Waals surface area (Å²) in [6.45, 7) is 32.2. The fourth-order valence-electron chi connectivity index (χ4n) is 6.71. The highest BCUT2D eigenvalue weighted by molar-refractivity contribution is 7.98. The summed E-state index contributed by atoms with van der Waals surface area (Å²) in [7, 11) is -3.81. The van der Waals surface area contributed by atoms with Crippen molar-refractivity contribution < 1.29 is 8.85 Å². The standard InChI is InChI=1S/C47H93NO2SSi2/c1-13-15-17-19-21-23-25-30-36-44(49-52(9,10)46(3,4)5)40-48(38-32-33-39-51-42-43-34-28-27-29-35-43)41-45(50-53(11,12)47(6,7)8)37-31-26-24-22-20-18-16-14-2/h27-29,34-35,44-45H,13-26,30-33,36-42H2,1-12H3. The van der Waals surface area contributed by atoms with Crippen LogP contribution >= 0.6 is 11.8 Å². The fourth-order valence-corrected chi connectivity index (χ4v) is 10.4. The zero-order chi connectivity index (χ0) is 39.6. The average Bonchev–Trinajstić information content (AvgIpc) is 3.07. The lowest BCUT2D eigenvalue weighted by Crippen LogP contribution is -2.50. The molecule has 53 heavy (non-hydrogen) atoms. The number of nitrogens with zero attached hydrogens (tertiary/aromatic N) is 1. The van der Waals surface area contributed by atoms with Crippen molar-refractivity contribution in [3.05, 3.63) is 35.9 Å². The second-order valence-corrected chi connectivity index (χ2v) is 30.2. The molecule has 6 heteroatoms. The molecule has 1 rings (SSSR count). The maximum absolute atomic E-state index is 7.34. The first-order valence-corrected chi connectivity index (χ1v) is 29.7. The van der Waals surface area contributed by atoms with Gasteiger partial charge < -0.3 is 8.85 Å². The molecule has 0 aromatic heterocycles. The van der Waals surface area contributed by atoms with Crippen molar-refractivity contribution in [1.82, 2.24) is 4.90 Å². The zero-order valence-corrected chi connectivity index (χ0v) is 40.7. The van der Waals surface area contributed by atoms with E-state index >= 15 is 0 Å². The molecule has 0 amide bonds. The third kappa shape index (κ3) is 24.3. The van der Waals surface area contributed by atoms with Gasteiger partial charge in [0.25, 0.3) is 0 Å². The van der Waals surface area contributed by atoms with Gasteiger partial charge in [-0.15, -0.1) is 0 Å². The van der Waals surface area contributed by atoms with Crippen LogP contribution in [0, 0.1) is 0 Å². The van der Waals surface area contributed by atoms with Gasteiger partial charge in [-0.05, 0) is 79.8 Å². The maximum Gasteiger partial charge on any atom is 0.192 e. The van der Waals surface area contributed by atoms with Gasteiger partial charge in [-0.1, -0.05) is 188 Å². The normalized spacial score (nSPS) is 14.3. The first-order chi connectivity index (χ1) is 25.0. The molecule has 2 unspecified atom stereocenters. The highest BCUT2D eigenvalue weighted by Gasteiger charge is 2.41. The molecule has 0 saturated carbocycles. The molecule has 0 fully saturated rings. The Balaban J connectivity index is 3.11. The largest absolute Gasteiger partial charge is 0.413 e. The van der Waals surface area contributed by atoms with Gasteiger partial charge in [0, 0.05) is 18.8 Å². The van der Waals surface area contributed by atoms with Gasteiger partial charge >= 0.3 is 0 Å². The fraction of sp³-hybridized carbons (Fsp3) is 0.872. The van der Waals surface area contributed by atoms with Crippen molar-refractivity contribution in [3.8, 4) is 0 Å². The topological polar surface area (TPSA) is 21.7 Å². The lowest BCUT2D eigenvalue weighted by Gasteiger charge is -2.42. The third-order valence-electron chi connectivity index (χ3n) is 12.3. The Hall–Kier alpha value is -0.116. The van der Waals surface area contributed by atoms with Crippen LogP contribution in [0.3, 0.4) is 0 Å². The summed E-state index contributed by atoms with van der Waals surface area (Å²) >= 11 is 2.09. The summed E-state index contributed by atoms with van der Waals surface area (Å²) < 4.78 is 14.7. The molecule has 0 heterocycles. The van der Waals surface area contributed by atoms with E-state index in [1.165, 1.54) is 140 Å². The van der Waals surface area contributed by atoms with E-state index < -0.39 is 16.6 Å². The van der Waals surface area contributed by atoms with Gasteiger partial charge in [-0.25, -0.2) is 0 Å². The van der Waals surface area contributed by atoms with Crippen LogP contribution in [0.5, 0.6) is 0 Å². The van der Waals surface area contributed by atoms with E-state index in [4.69, 9.17) is 8.85 Å². The molecule has 0 saturated heterocycles. The van der Waals surface area contributed by atoms with Crippen LogP contribution in [-0.2, 0) is 14.6 Å². The molecule has 2 atom stereocenters. The Labute approximate surface area is 340 Å². The average molecular weight is 793 g/mol. The second-order valence-electron chi connectivity index (χ2n) is 19.5. The van der Waals surface area contributed by atoms with Crippen LogP contribution in [0.15, 0.2) is 30.3 Å². The molecular weight excluding hydrogens is 699 g/mol. The van der Waals surface area contributed by atoms with Gasteiger partial charge in [0.1, 0.15) is 0 Å². The Morgan fingerprint density at radius 2 is 0.943 bits per heavy atom. The summed E-state index contributed by atoms with van der Waals surface area (Å²) in [6, 6.07) is 11.0. The first kappa shape index (κ1) is 50.9. The quantitative estimate of drug-likeness (QED) is 0.0522. The van der Waals surface area contributed by atoms with Crippen molar-refractivity contribution in [3.63, 3.8) is 0 Å². The molecule has 0 radical (unpaired) electrons. The third-order valence-corrected chi connectivity index (χ3v) is 22.5. The van der Waals surface area contributed by atoms with E-state index in [0.717, 1.165) is 25.4 Å². The minimum Gasteiger partial charge on any atom is -0.413 e. The van der Waals surface area contributed by atoms with E-state index in [2.05, 4.69) is 129 Å². The minimum absolute atomic E-state index is 0.218. The Bertz CT molecular complexity index is 937. The molecule has 0 aliphatic rings. The second kappa shape index (κ2) is 28.3. The van der Waals surface area contributed by atoms with Crippen molar-refractivity contribution >= 4 is 28.4 Å². The van der Waals surface area contributed by atoms with Crippen molar-refractivity contribution in [2.45, 2.75) is 238 Å². The number of hydrogen-bond donors (Lipinski definition) is 0. The zero-order valence-electron chi connectivity index (χ0n) is 37.9. The van der Waals surface area contributed by atoms with Crippen molar-refractivity contribution in [1.29, 1.82) is 0 Å². The molecule has 1 aromatic carbocycles. The van der Waals surface area contributed by atoms with E-state index in [0.29, 0.717) is 12.2 Å². The number of thioether (sulfide) groups is 1. The number of unbranched alkanes of at least 4 members (excludes halogenated alkanes) is 15. The molecular formula is C47H93NO2SSi2. The highest BCUT2D eigenvalue weighted by Crippen LogP contribution is 2.39. The Morgan fingerprint density at radius 1 is 0.547 bits per heavy atom. The predicted molar refractivity (Wildman–Crippen MR) is 247 cm³/mol. The predicted octanol–water partition coefficient (Wildman–Crippen LogP) is 15.8. The molecule has 0 aliphatic heterocycles. The van der Waals surface area contributed by atoms with Crippen LogP contribution in [0.4, 0.5) is 0 Å². The molecule has 1 aromatic rings. The van der Waals surface area contributed by atoms with Gasteiger partial charge in [0.2, 0.25) is 0 Å². The molecule has 0 spiro atoms. The molecule has 3 nitrogen and oxygen atoms in total. The molecule has 312 valence electrons. The van der Waals surface area contributed by atoms with E-state index in [-0.39, 0.29) is 10.1 Å². The maximum atomic E-state index is 7.34. The Morgan fingerprint density at radius 3 is 1.34 bits per heavy atom. The molecule has 0 aliphatic carbocycles. The first-order valence-electron chi connectivity index (χ1n) is 22.7. The lowest BCUT2D eigenvalue weighted by atomic mass is 10.0. The summed E-state index contributed by atoms with van der Waals surface area (Å²) in [5.74, 6) is 2.35. The van der Waals surface area contributed by atoms with Gasteiger partial charge in [-0.3, -0.25) is 4.90 Å². The van der Waals surface area contributed by atoms with Gasteiger partial charge in [0.05, 0.1) is 12.2 Å². The van der Waals surface area contributed by atoms with Crippen LogP contribution in [0.25, 0.3) is 0 Å². The van der Waals surface area contributed by atoms with Gasteiger partial charge in [0.15, 0.2) is 16.6 Å². The van der Waals surface area contributed by atoms with E-state index in [9.17, 15) is 0 Å². The minimum atomic E-state index is -1.91. The number of rotatable bonds is 33. The lowest BCUT2D eigenvalue weighted by molar-refractivity contribution is 0.0681. The van der Waals surface area contributed by atoms with Crippen molar-refractivity contribution in [2.75, 3.05) is 25.4 Å². The SMILES string of the molecule is CCCCCCCCCCC(CN(CCCCSCc1ccccc1)CC(CCCCCCCCCC)O[Si](C)(C)C(C)(C)C)O[Si](C)(C)C(C)(C)C. The number of benzene rings is 1. The number of hydrogen-bond acceptors (Lipinski definition) is 4.